The second kappa shape index (κ2) is 5.92. The molecule has 0 bridgehead atoms. The summed E-state index contributed by atoms with van der Waals surface area (Å²) in [5.74, 6) is 5.66. The molecule has 0 amide bonds. The number of guanidine groups is 1. The van der Waals surface area contributed by atoms with Crippen molar-refractivity contribution in [3.05, 3.63) is 0 Å². The molecule has 0 aromatic rings. The first-order chi connectivity index (χ1) is 6.74. The van der Waals surface area contributed by atoms with Crippen LogP contribution in [0.3, 0.4) is 0 Å². The first-order valence-electron chi connectivity index (χ1n) is 4.73. The normalized spacial score (nSPS) is 15.2. The second-order valence-electron chi connectivity index (χ2n) is 3.86. The van der Waals surface area contributed by atoms with Gasteiger partial charge in [0.25, 0.3) is 0 Å². The van der Waals surface area contributed by atoms with Crippen LogP contribution in [0.2, 0.25) is 0 Å². The Morgan fingerprint density at radius 3 is 2.27 bits per heavy atom. The summed E-state index contributed by atoms with van der Waals surface area (Å²) in [4.78, 5) is 4.11. The van der Waals surface area contributed by atoms with Crippen molar-refractivity contribution < 1.29 is 8.42 Å². The number of nitrogens with zero attached hydrogens (tertiary/aromatic N) is 1. The van der Waals surface area contributed by atoms with Gasteiger partial charge in [-0.15, -0.1) is 0 Å². The van der Waals surface area contributed by atoms with Gasteiger partial charge in [-0.25, -0.2) is 19.3 Å². The lowest BCUT2D eigenvalue weighted by Crippen LogP contribution is -2.45. The van der Waals surface area contributed by atoms with Gasteiger partial charge in [-0.3, -0.25) is 5.43 Å². The molecule has 0 fully saturated rings. The van der Waals surface area contributed by atoms with E-state index in [1.165, 1.54) is 6.26 Å². The minimum atomic E-state index is -3.01. The van der Waals surface area contributed by atoms with Gasteiger partial charge in [0, 0.05) is 12.3 Å². The topological polar surface area (TPSA) is 96.6 Å². The van der Waals surface area contributed by atoms with E-state index in [0.29, 0.717) is 5.96 Å². The van der Waals surface area contributed by atoms with Crippen molar-refractivity contribution in [1.29, 1.82) is 0 Å². The van der Waals surface area contributed by atoms with E-state index >= 15 is 0 Å². The molecule has 1 atom stereocenters. The van der Waals surface area contributed by atoms with Gasteiger partial charge in [0.15, 0.2) is 0 Å². The zero-order valence-electron chi connectivity index (χ0n) is 9.61. The Bertz CT molecular complexity index is 311. The van der Waals surface area contributed by atoms with Crippen molar-refractivity contribution >= 4 is 15.8 Å². The second-order valence-corrected chi connectivity index (χ2v) is 6.05. The summed E-state index contributed by atoms with van der Waals surface area (Å²) in [5, 5.41) is 2.97. The highest BCUT2D eigenvalue weighted by Gasteiger charge is 2.10. The predicted molar refractivity (Wildman–Crippen MR) is 62.2 cm³/mol. The highest BCUT2D eigenvalue weighted by Crippen LogP contribution is 1.95. The molecule has 90 valence electrons. The summed E-state index contributed by atoms with van der Waals surface area (Å²) in [7, 11) is -3.01. The third kappa shape index (κ3) is 8.19. The summed E-state index contributed by atoms with van der Waals surface area (Å²) < 4.78 is 22.0. The molecule has 7 heteroatoms. The number of hydrogen-bond donors (Lipinski definition) is 3. The summed E-state index contributed by atoms with van der Waals surface area (Å²) in [6.45, 7) is 5.60. The maximum absolute atomic E-state index is 11.0. The van der Waals surface area contributed by atoms with Gasteiger partial charge < -0.3 is 5.32 Å². The van der Waals surface area contributed by atoms with Crippen LogP contribution in [0.1, 0.15) is 20.8 Å². The Labute approximate surface area is 91.2 Å². The molecular formula is C8H20N4O2S. The van der Waals surface area contributed by atoms with Crippen molar-refractivity contribution in [2.24, 2.45) is 10.8 Å². The molecule has 0 aromatic carbocycles. The zero-order valence-corrected chi connectivity index (χ0v) is 10.4. The summed E-state index contributed by atoms with van der Waals surface area (Å²) in [6.07, 6.45) is 1.18. The van der Waals surface area contributed by atoms with Crippen LogP contribution in [0.5, 0.6) is 0 Å². The lowest BCUT2D eigenvalue weighted by Gasteiger charge is -2.14. The van der Waals surface area contributed by atoms with E-state index in [9.17, 15) is 8.42 Å². The number of hydrogen-bond acceptors (Lipinski definition) is 4. The third-order valence-electron chi connectivity index (χ3n) is 1.46. The maximum atomic E-state index is 11.0. The number of aliphatic imine (C=N–C) groups is 1. The minimum Gasteiger partial charge on any atom is -0.353 e. The fourth-order valence-corrected chi connectivity index (χ4v) is 2.04. The van der Waals surface area contributed by atoms with Gasteiger partial charge in [0.2, 0.25) is 5.96 Å². The van der Waals surface area contributed by atoms with Crippen LogP contribution in [0.25, 0.3) is 0 Å². The number of sulfone groups is 1. The average molecular weight is 236 g/mol. The minimum absolute atomic E-state index is 0.0119. The van der Waals surface area contributed by atoms with Crippen LogP contribution in [0.4, 0.5) is 0 Å². The molecule has 0 radical (unpaired) electrons. The van der Waals surface area contributed by atoms with Crippen LogP contribution in [-0.2, 0) is 9.84 Å². The Kier molecular flexibility index (Phi) is 5.59. The van der Waals surface area contributed by atoms with E-state index in [4.69, 9.17) is 5.84 Å². The fourth-order valence-electron chi connectivity index (χ4n) is 1.09. The molecule has 15 heavy (non-hydrogen) atoms. The summed E-state index contributed by atoms with van der Waals surface area (Å²) in [6, 6.07) is -0.137. The molecule has 0 rings (SSSR count). The van der Waals surface area contributed by atoms with E-state index in [1.54, 1.807) is 6.92 Å². The van der Waals surface area contributed by atoms with Crippen LogP contribution >= 0.6 is 0 Å². The highest BCUT2D eigenvalue weighted by atomic mass is 32.2. The molecule has 6 nitrogen and oxygen atoms in total. The maximum Gasteiger partial charge on any atom is 0.206 e. The fraction of sp³-hybridized carbons (Fsp3) is 0.875. The van der Waals surface area contributed by atoms with Crippen molar-refractivity contribution in [2.45, 2.75) is 32.9 Å². The van der Waals surface area contributed by atoms with E-state index in [-0.39, 0.29) is 17.8 Å². The average Bonchev–Trinajstić information content (AvgIpc) is 1.98. The van der Waals surface area contributed by atoms with Gasteiger partial charge >= 0.3 is 0 Å². The van der Waals surface area contributed by atoms with E-state index in [1.807, 2.05) is 13.8 Å². The lowest BCUT2D eigenvalue weighted by molar-refractivity contribution is 0.595. The molecule has 0 aliphatic carbocycles. The number of rotatable bonds is 4. The van der Waals surface area contributed by atoms with Crippen molar-refractivity contribution in [2.75, 3.05) is 12.0 Å². The number of nitrogens with two attached hydrogens (primary N) is 1. The van der Waals surface area contributed by atoms with E-state index < -0.39 is 9.84 Å². The van der Waals surface area contributed by atoms with Crippen molar-refractivity contribution in [1.82, 2.24) is 10.7 Å². The molecule has 0 aliphatic rings. The SMILES string of the molecule is CC(CS(C)(=O)=O)N=C(NN)NC(C)C. The highest BCUT2D eigenvalue weighted by molar-refractivity contribution is 7.90. The monoisotopic (exact) mass is 236 g/mol. The van der Waals surface area contributed by atoms with E-state index in [2.05, 4.69) is 15.7 Å². The molecule has 0 heterocycles. The molecule has 1 unspecified atom stereocenters. The van der Waals surface area contributed by atoms with Crippen LogP contribution < -0.4 is 16.6 Å². The number of hydrazine groups is 1. The van der Waals surface area contributed by atoms with Crippen LogP contribution in [0.15, 0.2) is 4.99 Å². The van der Waals surface area contributed by atoms with Gasteiger partial charge in [-0.05, 0) is 20.8 Å². The first-order valence-corrected chi connectivity index (χ1v) is 6.79. The molecule has 0 aromatic heterocycles. The third-order valence-corrected chi connectivity index (χ3v) is 2.54. The Hall–Kier alpha value is -0.820. The molecular weight excluding hydrogens is 216 g/mol. The van der Waals surface area contributed by atoms with Crippen molar-refractivity contribution in [3.63, 3.8) is 0 Å². The molecule has 0 aliphatic heterocycles. The first kappa shape index (κ1) is 14.2. The van der Waals surface area contributed by atoms with E-state index in [0.717, 1.165) is 0 Å². The van der Waals surface area contributed by atoms with Gasteiger partial charge in [-0.2, -0.15) is 0 Å². The smallest absolute Gasteiger partial charge is 0.206 e. The zero-order chi connectivity index (χ0) is 12.1. The standard InChI is InChI=1S/C8H20N4O2S/c1-6(2)10-8(12-9)11-7(3)5-15(4,13)14/h6-7H,5,9H2,1-4H3,(H2,10,11,12). The summed E-state index contributed by atoms with van der Waals surface area (Å²) in [5.41, 5.74) is 2.39. The molecule has 0 spiro atoms. The van der Waals surface area contributed by atoms with Gasteiger partial charge in [0.1, 0.15) is 9.84 Å². The Balaban J connectivity index is 4.42. The largest absolute Gasteiger partial charge is 0.353 e. The van der Waals surface area contributed by atoms with Crippen LogP contribution in [-0.4, -0.2) is 38.5 Å². The Morgan fingerprint density at radius 2 is 1.93 bits per heavy atom. The predicted octanol–water partition coefficient (Wildman–Crippen LogP) is -0.763. The Morgan fingerprint density at radius 1 is 1.40 bits per heavy atom. The molecule has 0 saturated carbocycles. The molecule has 0 saturated heterocycles. The quantitative estimate of drug-likeness (QED) is 0.258. The van der Waals surface area contributed by atoms with Crippen LogP contribution in [0, 0.1) is 0 Å². The van der Waals surface area contributed by atoms with Crippen molar-refractivity contribution in [3.8, 4) is 0 Å². The van der Waals surface area contributed by atoms with Gasteiger partial charge in [0.05, 0.1) is 11.8 Å². The summed E-state index contributed by atoms with van der Waals surface area (Å²) >= 11 is 0. The lowest BCUT2D eigenvalue weighted by atomic mass is 10.4. The molecule has 4 N–H and O–H groups in total. The van der Waals surface area contributed by atoms with Gasteiger partial charge in [-0.1, -0.05) is 0 Å². The number of nitrogens with one attached hydrogen (secondary N) is 2.